The molecule has 2 aliphatic rings. The van der Waals surface area contributed by atoms with Crippen molar-refractivity contribution in [1.29, 1.82) is 0 Å². The molecule has 132 valence electrons. The molecule has 3 rings (SSSR count). The zero-order valence-corrected chi connectivity index (χ0v) is 14.2. The topological polar surface area (TPSA) is 59.0 Å². The van der Waals surface area contributed by atoms with Gasteiger partial charge in [0, 0.05) is 18.2 Å². The fourth-order valence-electron chi connectivity index (χ4n) is 4.04. The van der Waals surface area contributed by atoms with Crippen molar-refractivity contribution in [3.63, 3.8) is 0 Å². The number of aliphatic carboxylic acids is 1. The van der Waals surface area contributed by atoms with Crippen molar-refractivity contribution in [2.24, 2.45) is 11.3 Å². The maximum atomic E-state index is 14.0. The number of ether oxygens (including phenoxy) is 2. The number of hydrogen-bond acceptors (Lipinski definition) is 4. The van der Waals surface area contributed by atoms with E-state index in [9.17, 15) is 9.18 Å². The fourth-order valence-corrected chi connectivity index (χ4v) is 4.04. The van der Waals surface area contributed by atoms with Crippen molar-refractivity contribution < 1.29 is 23.8 Å². The van der Waals surface area contributed by atoms with Crippen LogP contribution in [0.15, 0.2) is 12.1 Å². The van der Waals surface area contributed by atoms with Gasteiger partial charge in [-0.3, -0.25) is 9.69 Å². The second-order valence-corrected chi connectivity index (χ2v) is 7.02. The lowest BCUT2D eigenvalue weighted by atomic mass is 9.57. The molecule has 0 aromatic heterocycles. The summed E-state index contributed by atoms with van der Waals surface area (Å²) in [5, 5.41) is 9.05. The molecular weight excluding hydrogens is 313 g/mol. The molecule has 1 heterocycles. The Morgan fingerprint density at radius 1 is 1.25 bits per heavy atom. The summed E-state index contributed by atoms with van der Waals surface area (Å²) in [6.07, 6.45) is 3.63. The van der Waals surface area contributed by atoms with Crippen LogP contribution in [0, 0.1) is 17.2 Å². The molecule has 24 heavy (non-hydrogen) atoms. The van der Waals surface area contributed by atoms with Gasteiger partial charge in [0.05, 0.1) is 20.1 Å². The highest BCUT2D eigenvalue weighted by atomic mass is 19.1. The number of carboxylic acid groups (broad SMARTS) is 1. The van der Waals surface area contributed by atoms with E-state index in [4.69, 9.17) is 14.6 Å². The Bertz CT molecular complexity index is 618. The number of methoxy groups -OCH3 is 2. The normalized spacial score (nSPS) is 20.6. The van der Waals surface area contributed by atoms with Crippen molar-refractivity contribution in [3.05, 3.63) is 23.5 Å². The number of halogens is 1. The van der Waals surface area contributed by atoms with E-state index >= 15 is 0 Å². The van der Waals surface area contributed by atoms with Crippen LogP contribution in [0.25, 0.3) is 0 Å². The van der Waals surface area contributed by atoms with Gasteiger partial charge in [-0.05, 0) is 50.3 Å². The van der Waals surface area contributed by atoms with Crippen molar-refractivity contribution in [2.45, 2.75) is 32.2 Å². The van der Waals surface area contributed by atoms with Gasteiger partial charge in [0.25, 0.3) is 0 Å². The van der Waals surface area contributed by atoms with E-state index < -0.39 is 5.97 Å². The number of piperidine rings is 1. The molecule has 1 aliphatic carbocycles. The molecule has 0 unspecified atom stereocenters. The zero-order chi connectivity index (χ0) is 17.3. The van der Waals surface area contributed by atoms with Crippen LogP contribution in [0.2, 0.25) is 0 Å². The lowest BCUT2D eigenvalue weighted by Crippen LogP contribution is -2.48. The summed E-state index contributed by atoms with van der Waals surface area (Å²) in [7, 11) is 3.01. The maximum Gasteiger partial charge on any atom is 0.306 e. The molecule has 1 N–H and O–H groups in total. The monoisotopic (exact) mass is 337 g/mol. The average molecular weight is 337 g/mol. The Hall–Kier alpha value is -1.82. The Morgan fingerprint density at radius 3 is 2.42 bits per heavy atom. The standard InChI is InChI=1S/C18H24FNO4/c1-23-15-8-16(24-2)14(19)7-12(15)11-20-5-3-18(4-6-20)9-13(10-18)17(21)22/h7-8,13H,3-6,9-11H2,1-2H3,(H,21,22). The summed E-state index contributed by atoms with van der Waals surface area (Å²) in [6, 6.07) is 3.06. The van der Waals surface area contributed by atoms with Crippen LogP contribution in [-0.2, 0) is 11.3 Å². The van der Waals surface area contributed by atoms with Gasteiger partial charge in [0.15, 0.2) is 11.6 Å². The van der Waals surface area contributed by atoms with E-state index in [-0.39, 0.29) is 22.9 Å². The summed E-state index contributed by atoms with van der Waals surface area (Å²) < 4.78 is 24.3. The number of rotatable bonds is 5. The number of benzene rings is 1. The average Bonchev–Trinajstić information content (AvgIpc) is 2.53. The van der Waals surface area contributed by atoms with Crippen molar-refractivity contribution >= 4 is 5.97 Å². The minimum atomic E-state index is -0.665. The van der Waals surface area contributed by atoms with E-state index in [0.29, 0.717) is 12.3 Å². The third-order valence-corrected chi connectivity index (χ3v) is 5.57. The molecule has 0 bridgehead atoms. The second kappa shape index (κ2) is 6.59. The summed E-state index contributed by atoms with van der Waals surface area (Å²) in [4.78, 5) is 13.3. The van der Waals surface area contributed by atoms with Gasteiger partial charge < -0.3 is 14.6 Å². The summed E-state index contributed by atoms with van der Waals surface area (Å²) in [5.74, 6) is -0.399. The lowest BCUT2D eigenvalue weighted by molar-refractivity contribution is -0.152. The minimum Gasteiger partial charge on any atom is -0.496 e. The van der Waals surface area contributed by atoms with Crippen molar-refractivity contribution in [2.75, 3.05) is 27.3 Å². The van der Waals surface area contributed by atoms with Crippen LogP contribution in [0.1, 0.15) is 31.2 Å². The first kappa shape index (κ1) is 17.0. The fraction of sp³-hybridized carbons (Fsp3) is 0.611. The quantitative estimate of drug-likeness (QED) is 0.895. The molecule has 1 aromatic rings. The predicted octanol–water partition coefficient (Wildman–Crippen LogP) is 2.92. The Morgan fingerprint density at radius 2 is 1.88 bits per heavy atom. The van der Waals surface area contributed by atoms with E-state index in [1.807, 2.05) is 0 Å². The molecule has 1 aromatic carbocycles. The van der Waals surface area contributed by atoms with Crippen LogP contribution in [0.4, 0.5) is 4.39 Å². The smallest absolute Gasteiger partial charge is 0.306 e. The Kier molecular flexibility index (Phi) is 4.67. The molecule has 0 radical (unpaired) electrons. The molecule has 1 spiro atoms. The minimum absolute atomic E-state index is 0.160. The van der Waals surface area contributed by atoms with Crippen LogP contribution < -0.4 is 9.47 Å². The van der Waals surface area contributed by atoms with E-state index in [1.54, 1.807) is 13.2 Å². The van der Waals surface area contributed by atoms with Gasteiger partial charge in [-0.2, -0.15) is 0 Å². The lowest BCUT2D eigenvalue weighted by Gasteiger charge is -2.51. The molecule has 1 saturated heterocycles. The van der Waals surface area contributed by atoms with Gasteiger partial charge in [-0.15, -0.1) is 0 Å². The maximum absolute atomic E-state index is 14.0. The molecule has 1 aliphatic heterocycles. The molecule has 2 fully saturated rings. The van der Waals surface area contributed by atoms with Crippen molar-refractivity contribution in [1.82, 2.24) is 4.90 Å². The number of likely N-dealkylation sites (tertiary alicyclic amines) is 1. The van der Waals surface area contributed by atoms with Crippen molar-refractivity contribution in [3.8, 4) is 11.5 Å². The molecule has 0 atom stereocenters. The highest BCUT2D eigenvalue weighted by Crippen LogP contribution is 2.52. The predicted molar refractivity (Wildman–Crippen MR) is 86.8 cm³/mol. The number of carbonyl (C=O) groups is 1. The van der Waals surface area contributed by atoms with Crippen LogP contribution in [-0.4, -0.2) is 43.3 Å². The van der Waals surface area contributed by atoms with E-state index in [0.717, 1.165) is 44.3 Å². The zero-order valence-electron chi connectivity index (χ0n) is 14.2. The first-order valence-electron chi connectivity index (χ1n) is 8.32. The largest absolute Gasteiger partial charge is 0.496 e. The number of hydrogen-bond donors (Lipinski definition) is 1. The first-order valence-corrected chi connectivity index (χ1v) is 8.32. The SMILES string of the molecule is COc1cc(OC)c(CN2CCC3(CC2)CC(C(=O)O)C3)cc1F. The van der Waals surface area contributed by atoms with E-state index in [2.05, 4.69) is 4.90 Å². The van der Waals surface area contributed by atoms with Gasteiger partial charge in [-0.25, -0.2) is 4.39 Å². The van der Waals surface area contributed by atoms with Gasteiger partial charge >= 0.3 is 5.97 Å². The van der Waals surface area contributed by atoms with Crippen LogP contribution in [0.3, 0.4) is 0 Å². The first-order chi connectivity index (χ1) is 11.5. The van der Waals surface area contributed by atoms with Gasteiger partial charge in [0.2, 0.25) is 0 Å². The summed E-state index contributed by atoms with van der Waals surface area (Å²) >= 11 is 0. The van der Waals surface area contributed by atoms with Gasteiger partial charge in [0.1, 0.15) is 5.75 Å². The third kappa shape index (κ3) is 3.20. The highest BCUT2D eigenvalue weighted by molar-refractivity contribution is 5.71. The highest BCUT2D eigenvalue weighted by Gasteiger charge is 2.48. The van der Waals surface area contributed by atoms with Crippen LogP contribution in [0.5, 0.6) is 11.5 Å². The second-order valence-electron chi connectivity index (χ2n) is 7.02. The van der Waals surface area contributed by atoms with Gasteiger partial charge in [-0.1, -0.05) is 0 Å². The third-order valence-electron chi connectivity index (χ3n) is 5.57. The molecule has 5 nitrogen and oxygen atoms in total. The van der Waals surface area contributed by atoms with E-state index in [1.165, 1.54) is 13.2 Å². The molecule has 1 saturated carbocycles. The molecule has 6 heteroatoms. The van der Waals surface area contributed by atoms with Crippen LogP contribution >= 0.6 is 0 Å². The number of carboxylic acids is 1. The number of nitrogens with zero attached hydrogens (tertiary/aromatic N) is 1. The molecule has 0 amide bonds. The summed E-state index contributed by atoms with van der Waals surface area (Å²) in [5.41, 5.74) is 1.03. The Balaban J connectivity index is 1.61. The Labute approximate surface area is 141 Å². The molecular formula is C18H24FNO4. The summed E-state index contributed by atoms with van der Waals surface area (Å²) in [6.45, 7) is 2.44.